The summed E-state index contributed by atoms with van der Waals surface area (Å²) in [5, 5.41) is 10.2. The molecule has 2 nitrogen and oxygen atoms in total. The Morgan fingerprint density at radius 3 is 2.47 bits per heavy atom. The second-order valence-electron chi connectivity index (χ2n) is 6.03. The zero-order valence-electron chi connectivity index (χ0n) is 9.41. The quantitative estimate of drug-likeness (QED) is 0.755. The summed E-state index contributed by atoms with van der Waals surface area (Å²) < 4.78 is 0. The highest BCUT2D eigenvalue weighted by Crippen LogP contribution is 2.60. The van der Waals surface area contributed by atoms with E-state index in [9.17, 15) is 9.90 Å². The van der Waals surface area contributed by atoms with Crippen LogP contribution < -0.4 is 0 Å². The highest BCUT2D eigenvalue weighted by atomic mass is 16.3. The van der Waals surface area contributed by atoms with E-state index in [1.165, 1.54) is 6.42 Å². The standard InChI is InChI=1S/C13H20O2/c1-2-11(14)13-5-8-3-9(6-13)12(15)10(4-8)7-13/h8-11,14H,2-7H2,1H3. The topological polar surface area (TPSA) is 37.3 Å². The van der Waals surface area contributed by atoms with Crippen molar-refractivity contribution in [2.24, 2.45) is 23.2 Å². The third kappa shape index (κ3) is 1.24. The summed E-state index contributed by atoms with van der Waals surface area (Å²) in [5.74, 6) is 1.86. The van der Waals surface area contributed by atoms with Crippen molar-refractivity contribution in [1.82, 2.24) is 0 Å². The van der Waals surface area contributed by atoms with Crippen molar-refractivity contribution in [3.63, 3.8) is 0 Å². The average Bonchev–Trinajstić information content (AvgIpc) is 2.23. The molecule has 0 amide bonds. The van der Waals surface area contributed by atoms with E-state index in [1.807, 2.05) is 0 Å². The van der Waals surface area contributed by atoms with Crippen LogP contribution in [-0.4, -0.2) is 17.0 Å². The van der Waals surface area contributed by atoms with E-state index in [2.05, 4.69) is 6.92 Å². The molecule has 0 saturated heterocycles. The normalized spacial score (nSPS) is 49.7. The molecule has 0 aromatic rings. The van der Waals surface area contributed by atoms with Crippen LogP contribution in [0.25, 0.3) is 0 Å². The minimum atomic E-state index is -0.168. The predicted octanol–water partition coefficient (Wildman–Crippen LogP) is 2.15. The number of rotatable bonds is 2. The summed E-state index contributed by atoms with van der Waals surface area (Å²) in [6.07, 6.45) is 6.06. The molecule has 0 aromatic heterocycles. The Morgan fingerprint density at radius 1 is 1.33 bits per heavy atom. The van der Waals surface area contributed by atoms with Crippen molar-refractivity contribution in [1.29, 1.82) is 0 Å². The van der Waals surface area contributed by atoms with Gasteiger partial charge in [-0.25, -0.2) is 0 Å². The van der Waals surface area contributed by atoms with E-state index in [-0.39, 0.29) is 11.5 Å². The predicted molar refractivity (Wildman–Crippen MR) is 57.3 cm³/mol. The molecule has 4 aliphatic rings. The van der Waals surface area contributed by atoms with Crippen LogP contribution in [0, 0.1) is 23.2 Å². The maximum Gasteiger partial charge on any atom is 0.139 e. The lowest BCUT2D eigenvalue weighted by atomic mass is 9.47. The third-order valence-electron chi connectivity index (χ3n) is 5.14. The highest BCUT2D eigenvalue weighted by Gasteiger charge is 2.57. The van der Waals surface area contributed by atoms with E-state index >= 15 is 0 Å². The fraction of sp³-hybridized carbons (Fsp3) is 0.923. The maximum absolute atomic E-state index is 11.9. The fourth-order valence-corrected chi connectivity index (χ4v) is 4.65. The minimum Gasteiger partial charge on any atom is -0.393 e. The van der Waals surface area contributed by atoms with E-state index in [4.69, 9.17) is 0 Å². The molecule has 1 N–H and O–H groups in total. The lowest BCUT2D eigenvalue weighted by molar-refractivity contribution is -0.159. The van der Waals surface area contributed by atoms with Gasteiger partial charge in [-0.15, -0.1) is 0 Å². The summed E-state index contributed by atoms with van der Waals surface area (Å²) in [6.45, 7) is 2.06. The molecule has 0 aromatic carbocycles. The Hall–Kier alpha value is -0.370. The van der Waals surface area contributed by atoms with E-state index in [0.29, 0.717) is 17.6 Å². The Labute approximate surface area is 91.1 Å². The average molecular weight is 208 g/mol. The number of ketones is 1. The monoisotopic (exact) mass is 208 g/mol. The lowest BCUT2D eigenvalue weighted by Gasteiger charge is -2.57. The summed E-state index contributed by atoms with van der Waals surface area (Å²) >= 11 is 0. The Kier molecular flexibility index (Phi) is 2.01. The Morgan fingerprint density at radius 2 is 1.93 bits per heavy atom. The highest BCUT2D eigenvalue weighted by molar-refractivity contribution is 5.85. The van der Waals surface area contributed by atoms with Crippen LogP contribution in [0.4, 0.5) is 0 Å². The molecule has 2 heteroatoms. The van der Waals surface area contributed by atoms with Crippen molar-refractivity contribution in [2.45, 2.75) is 51.6 Å². The number of aliphatic hydroxyl groups excluding tert-OH is 1. The van der Waals surface area contributed by atoms with Gasteiger partial charge in [-0.1, -0.05) is 6.92 Å². The van der Waals surface area contributed by atoms with Crippen LogP contribution in [0.5, 0.6) is 0 Å². The lowest BCUT2D eigenvalue weighted by Crippen LogP contribution is -2.55. The summed E-state index contributed by atoms with van der Waals surface area (Å²) in [5.41, 5.74) is 0.124. The van der Waals surface area contributed by atoms with Gasteiger partial charge in [0.1, 0.15) is 5.78 Å². The molecule has 4 rings (SSSR count). The molecule has 0 heterocycles. The zero-order chi connectivity index (χ0) is 10.6. The van der Waals surface area contributed by atoms with Gasteiger partial charge in [0, 0.05) is 11.8 Å². The number of hydrogen-bond acceptors (Lipinski definition) is 2. The molecule has 84 valence electrons. The molecular weight excluding hydrogens is 188 g/mol. The molecule has 4 bridgehead atoms. The van der Waals surface area contributed by atoms with Gasteiger partial charge in [0.05, 0.1) is 6.10 Å². The molecule has 3 atom stereocenters. The first-order chi connectivity index (χ1) is 7.14. The van der Waals surface area contributed by atoms with Crippen molar-refractivity contribution < 1.29 is 9.90 Å². The molecule has 4 aliphatic carbocycles. The summed E-state index contributed by atoms with van der Waals surface area (Å²) in [4.78, 5) is 11.9. The van der Waals surface area contributed by atoms with Gasteiger partial charge in [0.15, 0.2) is 0 Å². The molecule has 3 unspecified atom stereocenters. The number of hydrogen-bond donors (Lipinski definition) is 1. The summed E-state index contributed by atoms with van der Waals surface area (Å²) in [7, 11) is 0. The van der Waals surface area contributed by atoms with Crippen LogP contribution in [0.2, 0.25) is 0 Å². The van der Waals surface area contributed by atoms with Crippen LogP contribution in [-0.2, 0) is 4.79 Å². The molecule has 0 aliphatic heterocycles. The van der Waals surface area contributed by atoms with Gasteiger partial charge in [-0.3, -0.25) is 4.79 Å². The van der Waals surface area contributed by atoms with Gasteiger partial charge in [-0.2, -0.15) is 0 Å². The maximum atomic E-state index is 11.9. The number of aliphatic hydroxyl groups is 1. The van der Waals surface area contributed by atoms with Gasteiger partial charge in [-0.05, 0) is 49.9 Å². The van der Waals surface area contributed by atoms with Gasteiger partial charge in [0.25, 0.3) is 0 Å². The molecule has 4 fully saturated rings. The Bertz CT molecular complexity index is 279. The van der Waals surface area contributed by atoms with Crippen molar-refractivity contribution >= 4 is 5.78 Å². The van der Waals surface area contributed by atoms with Crippen LogP contribution in [0.1, 0.15) is 45.4 Å². The van der Waals surface area contributed by atoms with Crippen LogP contribution in [0.15, 0.2) is 0 Å². The van der Waals surface area contributed by atoms with E-state index < -0.39 is 0 Å². The van der Waals surface area contributed by atoms with Gasteiger partial charge >= 0.3 is 0 Å². The first-order valence-electron chi connectivity index (χ1n) is 6.36. The van der Waals surface area contributed by atoms with Gasteiger partial charge in [0.2, 0.25) is 0 Å². The number of carbonyl (C=O) groups is 1. The minimum absolute atomic E-state index is 0.124. The first kappa shape index (κ1) is 9.83. The second kappa shape index (κ2) is 3.07. The zero-order valence-corrected chi connectivity index (χ0v) is 9.41. The third-order valence-corrected chi connectivity index (χ3v) is 5.14. The van der Waals surface area contributed by atoms with Crippen LogP contribution in [0.3, 0.4) is 0 Å². The Balaban J connectivity index is 1.92. The van der Waals surface area contributed by atoms with E-state index in [1.54, 1.807) is 0 Å². The first-order valence-corrected chi connectivity index (χ1v) is 6.36. The van der Waals surface area contributed by atoms with Gasteiger partial charge < -0.3 is 5.11 Å². The number of carbonyl (C=O) groups excluding carboxylic acids is 1. The molecule has 0 radical (unpaired) electrons. The molecule has 4 saturated carbocycles. The smallest absolute Gasteiger partial charge is 0.139 e. The number of Topliss-reactive ketones (excluding diaryl/α,β-unsaturated/α-hetero) is 1. The summed E-state index contributed by atoms with van der Waals surface area (Å²) in [6, 6.07) is 0. The fourth-order valence-electron chi connectivity index (χ4n) is 4.65. The van der Waals surface area contributed by atoms with Crippen molar-refractivity contribution in [3.05, 3.63) is 0 Å². The van der Waals surface area contributed by atoms with Crippen molar-refractivity contribution in [3.8, 4) is 0 Å². The largest absolute Gasteiger partial charge is 0.393 e. The SMILES string of the molecule is CCC(O)C12CC3CC(C1)C(=O)C(C3)C2. The molecule has 15 heavy (non-hydrogen) atoms. The molecular formula is C13H20O2. The van der Waals surface area contributed by atoms with Crippen LogP contribution >= 0.6 is 0 Å². The van der Waals surface area contributed by atoms with E-state index in [0.717, 1.165) is 38.0 Å². The second-order valence-corrected chi connectivity index (χ2v) is 6.03. The molecule has 0 spiro atoms. The van der Waals surface area contributed by atoms with Crippen molar-refractivity contribution in [2.75, 3.05) is 0 Å².